The van der Waals surface area contributed by atoms with Gasteiger partial charge in [0.05, 0.1) is 18.2 Å². The van der Waals surface area contributed by atoms with Gasteiger partial charge in [0.15, 0.2) is 5.78 Å². The molecule has 152 valence electrons. The van der Waals surface area contributed by atoms with Crippen molar-refractivity contribution in [1.29, 1.82) is 0 Å². The fraction of sp³-hybridized carbons (Fsp3) is 0.696. The Labute approximate surface area is 164 Å². The van der Waals surface area contributed by atoms with E-state index in [1.807, 2.05) is 12.1 Å². The summed E-state index contributed by atoms with van der Waals surface area (Å²) in [7, 11) is 0. The molecule has 0 saturated carbocycles. The van der Waals surface area contributed by atoms with Gasteiger partial charge in [-0.1, -0.05) is 63.3 Å². The maximum Gasteiger partial charge on any atom is 0.156 e. The standard InChI is InChI=1S/C23H37NO3/c1-2-3-4-5-6-9-20(25)10-7-8-18-11-13-19(14-12-18)17-22(27)23-21(26)15-16-24-23/h11-14,20-21,23-26H,2-10,15-17H2,1H3/t20?,21-,23-/m0/s1. The van der Waals surface area contributed by atoms with E-state index in [0.29, 0.717) is 19.4 Å². The Balaban J connectivity index is 1.63. The molecule has 0 radical (unpaired) electrons. The number of aryl methyl sites for hydroxylation is 1. The van der Waals surface area contributed by atoms with Gasteiger partial charge in [-0.2, -0.15) is 0 Å². The number of carbonyl (C=O) groups excluding carboxylic acids is 1. The molecule has 1 saturated heterocycles. The predicted molar refractivity (Wildman–Crippen MR) is 110 cm³/mol. The Morgan fingerprint density at radius 3 is 2.41 bits per heavy atom. The summed E-state index contributed by atoms with van der Waals surface area (Å²) in [4.78, 5) is 12.3. The lowest BCUT2D eigenvalue weighted by molar-refractivity contribution is -0.122. The average molecular weight is 376 g/mol. The number of hydrogen-bond donors (Lipinski definition) is 3. The van der Waals surface area contributed by atoms with Crippen LogP contribution < -0.4 is 5.32 Å². The third-order valence-corrected chi connectivity index (χ3v) is 5.58. The molecular weight excluding hydrogens is 338 g/mol. The van der Waals surface area contributed by atoms with E-state index in [1.165, 1.54) is 31.2 Å². The van der Waals surface area contributed by atoms with Gasteiger partial charge in [0, 0.05) is 6.42 Å². The molecule has 1 fully saturated rings. The molecule has 3 N–H and O–H groups in total. The number of Topliss-reactive ketones (excluding diaryl/α,β-unsaturated/α-hetero) is 1. The van der Waals surface area contributed by atoms with Crippen LogP contribution in [0.5, 0.6) is 0 Å². The van der Waals surface area contributed by atoms with Crippen LogP contribution in [0.25, 0.3) is 0 Å². The number of rotatable bonds is 13. The summed E-state index contributed by atoms with van der Waals surface area (Å²) >= 11 is 0. The highest BCUT2D eigenvalue weighted by Gasteiger charge is 2.30. The zero-order valence-electron chi connectivity index (χ0n) is 16.8. The van der Waals surface area contributed by atoms with Crippen molar-refractivity contribution in [3.8, 4) is 0 Å². The Bertz CT molecular complexity index is 543. The van der Waals surface area contributed by atoms with Crippen molar-refractivity contribution in [2.75, 3.05) is 6.54 Å². The molecule has 1 aromatic carbocycles. The molecule has 0 spiro atoms. The van der Waals surface area contributed by atoms with Crippen LogP contribution in [0.15, 0.2) is 24.3 Å². The third kappa shape index (κ3) is 8.12. The van der Waals surface area contributed by atoms with Gasteiger partial charge in [0.25, 0.3) is 0 Å². The normalized spacial score (nSPS) is 20.7. The van der Waals surface area contributed by atoms with Crippen molar-refractivity contribution in [1.82, 2.24) is 5.32 Å². The average Bonchev–Trinajstić information content (AvgIpc) is 3.09. The monoisotopic (exact) mass is 375 g/mol. The van der Waals surface area contributed by atoms with Crippen LogP contribution >= 0.6 is 0 Å². The van der Waals surface area contributed by atoms with Crippen LogP contribution in [-0.2, 0) is 17.6 Å². The number of hydrogen-bond acceptors (Lipinski definition) is 4. The van der Waals surface area contributed by atoms with E-state index in [2.05, 4.69) is 24.4 Å². The molecule has 0 aromatic heterocycles. The first kappa shape index (κ1) is 22.1. The van der Waals surface area contributed by atoms with Crippen molar-refractivity contribution >= 4 is 5.78 Å². The lowest BCUT2D eigenvalue weighted by Crippen LogP contribution is -2.39. The fourth-order valence-electron chi connectivity index (χ4n) is 3.82. The van der Waals surface area contributed by atoms with Gasteiger partial charge in [-0.05, 0) is 49.8 Å². The highest BCUT2D eigenvalue weighted by atomic mass is 16.3. The number of carbonyl (C=O) groups is 1. The smallest absolute Gasteiger partial charge is 0.156 e. The molecule has 0 bridgehead atoms. The van der Waals surface area contributed by atoms with Crippen LogP contribution in [-0.4, -0.2) is 40.8 Å². The van der Waals surface area contributed by atoms with Gasteiger partial charge in [0.1, 0.15) is 0 Å². The summed E-state index contributed by atoms with van der Waals surface area (Å²) < 4.78 is 0. The second-order valence-electron chi connectivity index (χ2n) is 8.00. The van der Waals surface area contributed by atoms with Gasteiger partial charge in [-0.25, -0.2) is 0 Å². The Hall–Kier alpha value is -1.23. The molecule has 3 atom stereocenters. The molecule has 0 amide bonds. The van der Waals surface area contributed by atoms with Crippen LogP contribution in [0.3, 0.4) is 0 Å². The third-order valence-electron chi connectivity index (χ3n) is 5.58. The van der Waals surface area contributed by atoms with Crippen molar-refractivity contribution in [3.05, 3.63) is 35.4 Å². The number of nitrogens with one attached hydrogen (secondary N) is 1. The number of aliphatic hydroxyl groups excluding tert-OH is 2. The second-order valence-corrected chi connectivity index (χ2v) is 8.00. The molecule has 4 heteroatoms. The summed E-state index contributed by atoms with van der Waals surface area (Å²) in [6.07, 6.45) is 10.3. The van der Waals surface area contributed by atoms with Gasteiger partial charge in [0.2, 0.25) is 0 Å². The van der Waals surface area contributed by atoms with E-state index in [0.717, 1.165) is 37.7 Å². The Kier molecular flexibility index (Phi) is 10.0. The first-order chi connectivity index (χ1) is 13.1. The lowest BCUT2D eigenvalue weighted by atomic mass is 9.98. The minimum Gasteiger partial charge on any atom is -0.393 e. The Morgan fingerprint density at radius 1 is 1.07 bits per heavy atom. The van der Waals surface area contributed by atoms with E-state index >= 15 is 0 Å². The summed E-state index contributed by atoms with van der Waals surface area (Å²) in [6, 6.07) is 7.78. The molecule has 1 aliphatic heterocycles. The van der Waals surface area contributed by atoms with Crippen molar-refractivity contribution in [3.63, 3.8) is 0 Å². The summed E-state index contributed by atoms with van der Waals surface area (Å²) in [5.41, 5.74) is 2.25. The fourth-order valence-corrected chi connectivity index (χ4v) is 3.82. The van der Waals surface area contributed by atoms with E-state index < -0.39 is 12.1 Å². The zero-order valence-corrected chi connectivity index (χ0v) is 16.8. The molecule has 2 rings (SSSR count). The molecule has 1 aliphatic rings. The molecule has 27 heavy (non-hydrogen) atoms. The van der Waals surface area contributed by atoms with E-state index in [-0.39, 0.29) is 11.9 Å². The van der Waals surface area contributed by atoms with Gasteiger partial charge < -0.3 is 15.5 Å². The molecule has 1 aromatic rings. The van der Waals surface area contributed by atoms with E-state index in [9.17, 15) is 15.0 Å². The zero-order chi connectivity index (χ0) is 19.5. The minimum atomic E-state index is -0.546. The van der Waals surface area contributed by atoms with Crippen LogP contribution in [0.1, 0.15) is 75.8 Å². The van der Waals surface area contributed by atoms with E-state index in [1.54, 1.807) is 0 Å². The molecular formula is C23H37NO3. The highest BCUT2D eigenvalue weighted by molar-refractivity contribution is 5.87. The highest BCUT2D eigenvalue weighted by Crippen LogP contribution is 2.15. The number of aliphatic hydroxyl groups is 2. The van der Waals surface area contributed by atoms with E-state index in [4.69, 9.17) is 0 Å². The molecule has 1 heterocycles. The number of unbranched alkanes of at least 4 members (excludes halogenated alkanes) is 4. The maximum absolute atomic E-state index is 12.3. The predicted octanol–water partition coefficient (Wildman–Crippen LogP) is 3.57. The topological polar surface area (TPSA) is 69.6 Å². The summed E-state index contributed by atoms with van der Waals surface area (Å²) in [5, 5.41) is 23.0. The van der Waals surface area contributed by atoms with Crippen LogP contribution in [0.4, 0.5) is 0 Å². The first-order valence-electron chi connectivity index (χ1n) is 10.8. The van der Waals surface area contributed by atoms with Crippen molar-refractivity contribution < 1.29 is 15.0 Å². The van der Waals surface area contributed by atoms with Gasteiger partial charge in [-0.15, -0.1) is 0 Å². The Morgan fingerprint density at radius 2 is 1.74 bits per heavy atom. The largest absolute Gasteiger partial charge is 0.393 e. The van der Waals surface area contributed by atoms with Crippen molar-refractivity contribution in [2.24, 2.45) is 0 Å². The minimum absolute atomic E-state index is 0.0646. The molecule has 1 unspecified atom stereocenters. The van der Waals surface area contributed by atoms with Crippen LogP contribution in [0.2, 0.25) is 0 Å². The molecule has 0 aliphatic carbocycles. The van der Waals surface area contributed by atoms with Gasteiger partial charge >= 0.3 is 0 Å². The molecule has 4 nitrogen and oxygen atoms in total. The van der Waals surface area contributed by atoms with Crippen LogP contribution in [0, 0.1) is 0 Å². The maximum atomic E-state index is 12.3. The SMILES string of the molecule is CCCCCCCC(O)CCCc1ccc(CC(=O)[C@H]2NCC[C@@H]2O)cc1. The number of benzene rings is 1. The first-order valence-corrected chi connectivity index (χ1v) is 10.8. The number of ketones is 1. The summed E-state index contributed by atoms with van der Waals surface area (Å²) in [6.45, 7) is 2.93. The quantitative estimate of drug-likeness (QED) is 0.461. The van der Waals surface area contributed by atoms with Gasteiger partial charge in [-0.3, -0.25) is 4.79 Å². The van der Waals surface area contributed by atoms with Crippen molar-refractivity contribution in [2.45, 2.75) is 95.8 Å². The summed E-state index contributed by atoms with van der Waals surface area (Å²) in [5.74, 6) is 0.0646. The lowest BCUT2D eigenvalue weighted by Gasteiger charge is -2.13. The second kappa shape index (κ2) is 12.3.